The minimum atomic E-state index is -0.293. The fraction of sp³-hybridized carbons (Fsp3) is 0.500. The topological polar surface area (TPSA) is 47.2 Å². The number of aromatic nitrogens is 1. The minimum Gasteiger partial charge on any atom is -0.408 e. The number of nitrogens with one attached hydrogen (secondary N) is 1. The number of likely N-dealkylation sites (N-methyl/N-ethyl adjacent to an activating group) is 1. The van der Waals surface area contributed by atoms with Crippen molar-refractivity contribution < 1.29 is 4.42 Å². The van der Waals surface area contributed by atoms with E-state index in [0.29, 0.717) is 5.58 Å². The van der Waals surface area contributed by atoms with E-state index in [9.17, 15) is 4.79 Å². The number of rotatable bonds is 3. The lowest BCUT2D eigenvalue weighted by Gasteiger charge is -2.42. The van der Waals surface area contributed by atoms with Crippen LogP contribution in [0.4, 0.5) is 0 Å². The summed E-state index contributed by atoms with van der Waals surface area (Å²) >= 11 is 0. The molecule has 4 heteroatoms. The monoisotopic (exact) mass is 246 g/mol. The Morgan fingerprint density at radius 2 is 2.22 bits per heavy atom. The fourth-order valence-electron chi connectivity index (χ4n) is 2.97. The molecular weight excluding hydrogens is 228 g/mol. The Kier molecular flexibility index (Phi) is 2.55. The van der Waals surface area contributed by atoms with Crippen LogP contribution in [-0.2, 0) is 12.5 Å². The van der Waals surface area contributed by atoms with Gasteiger partial charge in [-0.2, -0.15) is 0 Å². The summed E-state index contributed by atoms with van der Waals surface area (Å²) in [6.45, 7) is 0.982. The summed E-state index contributed by atoms with van der Waals surface area (Å²) in [6.07, 6.45) is 3.69. The van der Waals surface area contributed by atoms with Crippen molar-refractivity contribution in [1.29, 1.82) is 0 Å². The number of hydrogen-bond acceptors (Lipinski definition) is 3. The van der Waals surface area contributed by atoms with E-state index in [2.05, 4.69) is 11.4 Å². The van der Waals surface area contributed by atoms with Crippen LogP contribution in [0.2, 0.25) is 0 Å². The summed E-state index contributed by atoms with van der Waals surface area (Å²) in [6, 6.07) is 6.16. The van der Waals surface area contributed by atoms with Crippen LogP contribution in [0.5, 0.6) is 0 Å². The molecule has 4 nitrogen and oxygen atoms in total. The van der Waals surface area contributed by atoms with Gasteiger partial charge in [-0.15, -0.1) is 0 Å². The van der Waals surface area contributed by atoms with Gasteiger partial charge in [0.05, 0.1) is 5.52 Å². The van der Waals surface area contributed by atoms with Gasteiger partial charge in [0.1, 0.15) is 0 Å². The molecule has 0 saturated heterocycles. The molecule has 0 bridgehead atoms. The first-order valence-corrected chi connectivity index (χ1v) is 6.41. The Morgan fingerprint density at radius 1 is 1.44 bits per heavy atom. The van der Waals surface area contributed by atoms with Crippen molar-refractivity contribution in [2.45, 2.75) is 24.7 Å². The summed E-state index contributed by atoms with van der Waals surface area (Å²) in [4.78, 5) is 11.5. The molecule has 0 atom stereocenters. The van der Waals surface area contributed by atoms with E-state index in [0.717, 1.165) is 12.1 Å². The standard InChI is InChI=1S/C14H18N2O2/c1-15-9-14(6-3-7-14)10-4-5-11-12(8-10)18-13(17)16(11)2/h4-5,8,15H,3,6-7,9H2,1-2H3. The SMILES string of the molecule is CNCC1(c2ccc3c(c2)oc(=O)n3C)CCC1. The second-order valence-corrected chi connectivity index (χ2v) is 5.27. The fourth-order valence-corrected chi connectivity index (χ4v) is 2.97. The van der Waals surface area contributed by atoms with Crippen molar-refractivity contribution in [3.63, 3.8) is 0 Å². The molecule has 18 heavy (non-hydrogen) atoms. The highest BCUT2D eigenvalue weighted by Crippen LogP contribution is 2.43. The zero-order valence-electron chi connectivity index (χ0n) is 10.8. The molecule has 0 radical (unpaired) electrons. The van der Waals surface area contributed by atoms with E-state index >= 15 is 0 Å². The lowest BCUT2D eigenvalue weighted by atomic mass is 9.64. The van der Waals surface area contributed by atoms with Crippen molar-refractivity contribution in [3.8, 4) is 0 Å². The maximum Gasteiger partial charge on any atom is 0.419 e. The van der Waals surface area contributed by atoms with Crippen LogP contribution >= 0.6 is 0 Å². The van der Waals surface area contributed by atoms with Gasteiger partial charge in [-0.1, -0.05) is 12.5 Å². The molecule has 1 N–H and O–H groups in total. The van der Waals surface area contributed by atoms with Gasteiger partial charge in [-0.3, -0.25) is 4.57 Å². The Balaban J connectivity index is 2.10. The van der Waals surface area contributed by atoms with Gasteiger partial charge in [-0.25, -0.2) is 4.79 Å². The molecule has 1 aliphatic carbocycles. The molecule has 1 aromatic carbocycles. The molecule has 3 rings (SSSR count). The van der Waals surface area contributed by atoms with Crippen LogP contribution in [0.1, 0.15) is 24.8 Å². The van der Waals surface area contributed by atoms with Gasteiger partial charge in [-0.05, 0) is 37.6 Å². The van der Waals surface area contributed by atoms with E-state index < -0.39 is 0 Å². The van der Waals surface area contributed by atoms with Gasteiger partial charge < -0.3 is 9.73 Å². The molecule has 0 spiro atoms. The van der Waals surface area contributed by atoms with Gasteiger partial charge in [0.15, 0.2) is 5.58 Å². The quantitative estimate of drug-likeness (QED) is 0.898. The van der Waals surface area contributed by atoms with Crippen molar-refractivity contribution >= 4 is 11.1 Å². The lowest BCUT2D eigenvalue weighted by molar-refractivity contribution is 0.239. The molecule has 1 aromatic heterocycles. The largest absolute Gasteiger partial charge is 0.419 e. The highest BCUT2D eigenvalue weighted by Gasteiger charge is 2.38. The predicted octanol–water partition coefficient (Wildman–Crippen LogP) is 1.77. The second-order valence-electron chi connectivity index (χ2n) is 5.27. The molecule has 2 aromatic rings. The molecule has 1 fully saturated rings. The summed E-state index contributed by atoms with van der Waals surface area (Å²) in [5.74, 6) is -0.293. The van der Waals surface area contributed by atoms with Gasteiger partial charge in [0, 0.05) is 19.0 Å². The Labute approximate surface area is 106 Å². The van der Waals surface area contributed by atoms with Crippen LogP contribution in [-0.4, -0.2) is 18.2 Å². The summed E-state index contributed by atoms with van der Waals surface area (Å²) < 4.78 is 6.81. The zero-order chi connectivity index (χ0) is 12.8. The van der Waals surface area contributed by atoms with Gasteiger partial charge in [0.25, 0.3) is 0 Å². The third kappa shape index (κ3) is 1.52. The van der Waals surface area contributed by atoms with Crippen LogP contribution < -0.4 is 11.1 Å². The number of aryl methyl sites for hydroxylation is 1. The van der Waals surface area contributed by atoms with Crippen LogP contribution in [0.3, 0.4) is 0 Å². The first kappa shape index (κ1) is 11.5. The average Bonchev–Trinajstić information content (AvgIpc) is 2.59. The van der Waals surface area contributed by atoms with Crippen LogP contribution in [0.15, 0.2) is 27.4 Å². The Hall–Kier alpha value is -1.55. The Morgan fingerprint density at radius 3 is 2.83 bits per heavy atom. The number of hydrogen-bond donors (Lipinski definition) is 1. The van der Waals surface area contributed by atoms with E-state index in [4.69, 9.17) is 4.42 Å². The number of nitrogens with zero attached hydrogens (tertiary/aromatic N) is 1. The normalized spacial score (nSPS) is 17.9. The average molecular weight is 246 g/mol. The highest BCUT2D eigenvalue weighted by atomic mass is 16.4. The molecule has 0 aliphatic heterocycles. The predicted molar refractivity (Wildman–Crippen MR) is 70.9 cm³/mol. The zero-order valence-corrected chi connectivity index (χ0v) is 10.8. The maximum absolute atomic E-state index is 11.5. The van der Waals surface area contributed by atoms with Gasteiger partial charge >= 0.3 is 5.76 Å². The van der Waals surface area contributed by atoms with Gasteiger partial charge in [0.2, 0.25) is 0 Å². The van der Waals surface area contributed by atoms with E-state index in [1.165, 1.54) is 24.8 Å². The second kappa shape index (κ2) is 3.99. The molecule has 1 heterocycles. The third-order valence-corrected chi connectivity index (χ3v) is 4.23. The van der Waals surface area contributed by atoms with Crippen molar-refractivity contribution in [1.82, 2.24) is 9.88 Å². The number of oxazole rings is 1. The minimum absolute atomic E-state index is 0.233. The first-order chi connectivity index (χ1) is 8.66. The van der Waals surface area contributed by atoms with Crippen molar-refractivity contribution in [2.24, 2.45) is 7.05 Å². The molecule has 1 saturated carbocycles. The molecule has 96 valence electrons. The maximum atomic E-state index is 11.5. The van der Waals surface area contributed by atoms with Crippen LogP contribution in [0, 0.1) is 0 Å². The van der Waals surface area contributed by atoms with E-state index in [1.54, 1.807) is 11.6 Å². The lowest BCUT2D eigenvalue weighted by Crippen LogP contribution is -2.42. The first-order valence-electron chi connectivity index (χ1n) is 6.41. The van der Waals surface area contributed by atoms with Crippen molar-refractivity contribution in [3.05, 3.63) is 34.3 Å². The molecule has 0 unspecified atom stereocenters. The number of benzene rings is 1. The van der Waals surface area contributed by atoms with E-state index in [-0.39, 0.29) is 11.2 Å². The van der Waals surface area contributed by atoms with E-state index in [1.807, 2.05) is 19.2 Å². The Bertz CT molecular complexity index is 635. The smallest absolute Gasteiger partial charge is 0.408 e. The van der Waals surface area contributed by atoms with Crippen molar-refractivity contribution in [2.75, 3.05) is 13.6 Å². The van der Waals surface area contributed by atoms with Crippen LogP contribution in [0.25, 0.3) is 11.1 Å². The summed E-state index contributed by atoms with van der Waals surface area (Å²) in [5.41, 5.74) is 3.08. The number of fused-ring (bicyclic) bond motifs is 1. The third-order valence-electron chi connectivity index (χ3n) is 4.23. The summed E-state index contributed by atoms with van der Waals surface area (Å²) in [7, 11) is 3.72. The summed E-state index contributed by atoms with van der Waals surface area (Å²) in [5, 5.41) is 3.28. The molecule has 1 aliphatic rings. The molecular formula is C14H18N2O2. The highest BCUT2D eigenvalue weighted by molar-refractivity contribution is 5.74. The molecule has 0 amide bonds.